The van der Waals surface area contributed by atoms with E-state index in [1.807, 2.05) is 6.92 Å². The Bertz CT molecular complexity index is 631. The number of hydrogen-bond donors (Lipinski definition) is 2. The van der Waals surface area contributed by atoms with E-state index in [-0.39, 0.29) is 10.8 Å². The number of amides is 1. The first kappa shape index (κ1) is 15.1. The van der Waals surface area contributed by atoms with Crippen molar-refractivity contribution in [1.82, 2.24) is 0 Å². The molecule has 0 atom stereocenters. The van der Waals surface area contributed by atoms with E-state index >= 15 is 0 Å². The molecule has 0 heterocycles. The van der Waals surface area contributed by atoms with E-state index < -0.39 is 10.0 Å². The molecule has 0 aliphatic carbocycles. The number of benzene rings is 1. The second kappa shape index (κ2) is 6.31. The lowest BCUT2D eigenvalue weighted by Crippen LogP contribution is -2.15. The van der Waals surface area contributed by atoms with Crippen molar-refractivity contribution < 1.29 is 13.2 Å². The number of anilines is 1. The molecule has 0 saturated heterocycles. The number of sulfonamides is 1. The van der Waals surface area contributed by atoms with Crippen LogP contribution in [-0.2, 0) is 14.8 Å². The van der Waals surface area contributed by atoms with Crippen LogP contribution in [0.3, 0.4) is 0 Å². The molecule has 0 saturated carbocycles. The van der Waals surface area contributed by atoms with E-state index in [0.29, 0.717) is 11.3 Å². The van der Waals surface area contributed by atoms with Crippen molar-refractivity contribution in [2.24, 2.45) is 5.14 Å². The number of carbonyl (C=O) groups excluding carboxylic acids is 1. The molecular weight excluding hydrogens is 264 g/mol. The third kappa shape index (κ3) is 4.69. The average molecular weight is 280 g/mol. The maximum absolute atomic E-state index is 11.5. The topological polar surface area (TPSA) is 89.3 Å². The lowest BCUT2D eigenvalue weighted by Gasteiger charge is -2.07. The van der Waals surface area contributed by atoms with Gasteiger partial charge in [-0.2, -0.15) is 0 Å². The number of nitrogens with two attached hydrogens (primary N) is 1. The van der Waals surface area contributed by atoms with Crippen molar-refractivity contribution >= 4 is 21.6 Å². The van der Waals surface area contributed by atoms with Crippen LogP contribution in [0.25, 0.3) is 0 Å². The Labute approximate surface area is 112 Å². The molecule has 0 aromatic heterocycles. The fourth-order valence-corrected chi connectivity index (χ4v) is 2.23. The molecular formula is C13H16N2O3S. The van der Waals surface area contributed by atoms with Crippen LogP contribution in [0.15, 0.2) is 47.4 Å². The van der Waals surface area contributed by atoms with E-state index in [2.05, 4.69) is 5.32 Å². The number of carbonyl (C=O) groups is 1. The van der Waals surface area contributed by atoms with Crippen molar-refractivity contribution in [2.45, 2.75) is 18.7 Å². The first-order valence-corrected chi connectivity index (χ1v) is 7.13. The molecule has 102 valence electrons. The highest BCUT2D eigenvalue weighted by Crippen LogP contribution is 2.18. The van der Waals surface area contributed by atoms with Gasteiger partial charge in [0.1, 0.15) is 0 Å². The average Bonchev–Trinajstić information content (AvgIpc) is 2.30. The second-order valence-electron chi connectivity index (χ2n) is 3.90. The van der Waals surface area contributed by atoms with Crippen molar-refractivity contribution in [1.29, 1.82) is 0 Å². The Balaban J connectivity index is 2.95. The van der Waals surface area contributed by atoms with E-state index in [1.165, 1.54) is 12.1 Å². The molecule has 5 nitrogen and oxygen atoms in total. The summed E-state index contributed by atoms with van der Waals surface area (Å²) in [7, 11) is -3.79. The van der Waals surface area contributed by atoms with E-state index in [0.717, 1.165) is 0 Å². The minimum atomic E-state index is -3.79. The molecule has 1 rings (SSSR count). The standard InChI is InChI=1S/C13H16N2O3S/c1-3-4-5-6-13(16)15-11-8-7-10(2)12(9-11)19(14,17)18/h3-9H,1-2H3,(H,15,16)(H2,14,17,18)/b4-3+,6-5-. The van der Waals surface area contributed by atoms with Crippen LogP contribution in [0.1, 0.15) is 12.5 Å². The quantitative estimate of drug-likeness (QED) is 0.650. The van der Waals surface area contributed by atoms with Gasteiger partial charge in [0.2, 0.25) is 15.9 Å². The van der Waals surface area contributed by atoms with Crippen molar-refractivity contribution in [3.05, 3.63) is 48.1 Å². The van der Waals surface area contributed by atoms with Crippen LogP contribution >= 0.6 is 0 Å². The summed E-state index contributed by atoms with van der Waals surface area (Å²) in [6, 6.07) is 4.54. The van der Waals surface area contributed by atoms with Gasteiger partial charge in [0.25, 0.3) is 0 Å². The molecule has 0 radical (unpaired) electrons. The molecule has 3 N–H and O–H groups in total. The molecule has 1 aromatic carbocycles. The van der Waals surface area contributed by atoms with Gasteiger partial charge in [-0.1, -0.05) is 24.3 Å². The van der Waals surface area contributed by atoms with E-state index in [9.17, 15) is 13.2 Å². The molecule has 1 aromatic rings. The molecule has 19 heavy (non-hydrogen) atoms. The summed E-state index contributed by atoms with van der Waals surface area (Å²) in [5, 5.41) is 7.65. The zero-order valence-electron chi connectivity index (χ0n) is 10.8. The first-order valence-electron chi connectivity index (χ1n) is 5.58. The Morgan fingerprint density at radius 2 is 2.00 bits per heavy atom. The normalized spacial score (nSPS) is 12.2. The predicted molar refractivity (Wildman–Crippen MR) is 75.1 cm³/mol. The van der Waals surface area contributed by atoms with Crippen molar-refractivity contribution in [3.63, 3.8) is 0 Å². The number of nitrogens with one attached hydrogen (secondary N) is 1. The van der Waals surface area contributed by atoms with E-state index in [4.69, 9.17) is 5.14 Å². The van der Waals surface area contributed by atoms with E-state index in [1.54, 1.807) is 37.3 Å². The van der Waals surface area contributed by atoms with Crippen LogP contribution < -0.4 is 10.5 Å². The van der Waals surface area contributed by atoms with Gasteiger partial charge in [-0.25, -0.2) is 13.6 Å². The summed E-state index contributed by atoms with van der Waals surface area (Å²) in [5.74, 6) is -0.345. The van der Waals surface area contributed by atoms with Gasteiger partial charge in [-0.3, -0.25) is 4.79 Å². The number of hydrogen-bond acceptors (Lipinski definition) is 3. The summed E-state index contributed by atoms with van der Waals surface area (Å²) in [4.78, 5) is 11.5. The fraction of sp³-hybridized carbons (Fsp3) is 0.154. The lowest BCUT2D eigenvalue weighted by molar-refractivity contribution is -0.111. The molecule has 0 spiro atoms. The maximum atomic E-state index is 11.5. The molecule has 1 amide bonds. The van der Waals surface area contributed by atoms with Gasteiger partial charge in [0.05, 0.1) is 4.90 Å². The Morgan fingerprint density at radius 1 is 1.32 bits per heavy atom. The van der Waals surface area contributed by atoms with Crippen LogP contribution in [0.2, 0.25) is 0 Å². The summed E-state index contributed by atoms with van der Waals surface area (Å²) < 4.78 is 22.7. The molecule has 0 fully saturated rings. The smallest absolute Gasteiger partial charge is 0.248 e. The monoisotopic (exact) mass is 280 g/mol. The Morgan fingerprint density at radius 3 is 2.58 bits per heavy atom. The van der Waals surface area contributed by atoms with Crippen LogP contribution in [0.5, 0.6) is 0 Å². The highest BCUT2D eigenvalue weighted by molar-refractivity contribution is 7.89. The Hall–Kier alpha value is -1.92. The molecule has 0 aliphatic rings. The maximum Gasteiger partial charge on any atom is 0.248 e. The summed E-state index contributed by atoms with van der Waals surface area (Å²) >= 11 is 0. The molecule has 0 aliphatic heterocycles. The van der Waals surface area contributed by atoms with Gasteiger partial charge in [0, 0.05) is 11.8 Å². The minimum Gasteiger partial charge on any atom is -0.322 e. The first-order chi connectivity index (χ1) is 8.84. The number of allylic oxidation sites excluding steroid dienone is 3. The summed E-state index contributed by atoms with van der Waals surface area (Å²) in [6.07, 6.45) is 6.43. The zero-order valence-corrected chi connectivity index (χ0v) is 11.6. The number of rotatable bonds is 4. The van der Waals surface area contributed by atoms with Gasteiger partial charge < -0.3 is 5.32 Å². The van der Waals surface area contributed by atoms with Gasteiger partial charge in [0.15, 0.2) is 0 Å². The summed E-state index contributed by atoms with van der Waals surface area (Å²) in [5.41, 5.74) is 0.912. The number of primary sulfonamides is 1. The Kier molecular flexibility index (Phi) is 5.02. The van der Waals surface area contributed by atoms with Crippen LogP contribution in [0, 0.1) is 6.92 Å². The third-order valence-electron chi connectivity index (χ3n) is 2.31. The van der Waals surface area contributed by atoms with Gasteiger partial charge in [-0.05, 0) is 31.5 Å². The van der Waals surface area contributed by atoms with Crippen LogP contribution in [-0.4, -0.2) is 14.3 Å². The SMILES string of the molecule is C/C=C/C=C\C(=O)Nc1ccc(C)c(S(N)(=O)=O)c1. The molecule has 0 bridgehead atoms. The minimum absolute atomic E-state index is 0.00253. The van der Waals surface area contributed by atoms with Gasteiger partial charge >= 0.3 is 0 Å². The highest BCUT2D eigenvalue weighted by atomic mass is 32.2. The second-order valence-corrected chi connectivity index (χ2v) is 5.43. The molecule has 0 unspecified atom stereocenters. The van der Waals surface area contributed by atoms with Gasteiger partial charge in [-0.15, -0.1) is 0 Å². The summed E-state index contributed by atoms with van der Waals surface area (Å²) in [6.45, 7) is 3.47. The van der Waals surface area contributed by atoms with Crippen molar-refractivity contribution in [3.8, 4) is 0 Å². The number of aryl methyl sites for hydroxylation is 1. The molecule has 6 heteroatoms. The van der Waals surface area contributed by atoms with Crippen molar-refractivity contribution in [2.75, 3.05) is 5.32 Å². The lowest BCUT2D eigenvalue weighted by atomic mass is 10.2. The zero-order chi connectivity index (χ0) is 14.5. The fourth-order valence-electron chi connectivity index (χ4n) is 1.42. The van der Waals surface area contributed by atoms with Crippen LogP contribution in [0.4, 0.5) is 5.69 Å². The predicted octanol–water partition coefficient (Wildman–Crippen LogP) is 1.71. The highest BCUT2D eigenvalue weighted by Gasteiger charge is 2.12. The largest absolute Gasteiger partial charge is 0.322 e. The third-order valence-corrected chi connectivity index (χ3v) is 3.37.